The lowest BCUT2D eigenvalue weighted by molar-refractivity contribution is -0.155. The van der Waals surface area contributed by atoms with Crippen LogP contribution in [-0.4, -0.2) is 40.0 Å². The monoisotopic (exact) mass is 592 g/mol. The number of nitrogens with one attached hydrogen (secondary N) is 1. The number of nitrogens with zero attached hydrogens (tertiary/aromatic N) is 1. The molecule has 1 aliphatic carbocycles. The lowest BCUT2D eigenvalue weighted by Gasteiger charge is -2.38. The van der Waals surface area contributed by atoms with Gasteiger partial charge in [0.15, 0.2) is 0 Å². The molecular weight excluding hydrogens is 555 g/mol. The molecule has 0 heterocycles. The van der Waals surface area contributed by atoms with Gasteiger partial charge in [-0.05, 0) is 55.0 Å². The Labute approximate surface area is 245 Å². The van der Waals surface area contributed by atoms with Gasteiger partial charge in [-0.1, -0.05) is 69.1 Å². The van der Waals surface area contributed by atoms with E-state index in [4.69, 9.17) is 23.2 Å². The van der Waals surface area contributed by atoms with Gasteiger partial charge in [0.1, 0.15) is 6.04 Å². The Kier molecular flexibility index (Phi) is 11.2. The maximum atomic E-state index is 13.1. The molecule has 0 radical (unpaired) electrons. The summed E-state index contributed by atoms with van der Waals surface area (Å²) in [5.74, 6) is -3.49. The van der Waals surface area contributed by atoms with Crippen LogP contribution >= 0.6 is 23.2 Å². The second-order valence-electron chi connectivity index (χ2n) is 10.5. The number of anilines is 1. The smallest absolute Gasteiger partial charge is 0.326 e. The zero-order valence-electron chi connectivity index (χ0n) is 23.8. The summed E-state index contributed by atoms with van der Waals surface area (Å²) in [5.41, 5.74) is -0.109. The number of halogens is 2. The van der Waals surface area contributed by atoms with Crippen molar-refractivity contribution < 1.29 is 29.4 Å². The largest absolute Gasteiger partial charge is 0.481 e. The van der Waals surface area contributed by atoms with Crippen LogP contribution in [0.15, 0.2) is 42.5 Å². The number of benzene rings is 2. The van der Waals surface area contributed by atoms with Crippen LogP contribution in [0.1, 0.15) is 65.5 Å². The van der Waals surface area contributed by atoms with Crippen LogP contribution in [0.4, 0.5) is 5.69 Å². The molecule has 2 aromatic rings. The summed E-state index contributed by atoms with van der Waals surface area (Å²) in [4.78, 5) is 50.9. The average Bonchev–Trinajstić information content (AvgIpc) is 3.14. The molecule has 1 fully saturated rings. The van der Waals surface area contributed by atoms with E-state index in [1.54, 1.807) is 63.2 Å². The third-order valence-corrected chi connectivity index (χ3v) is 8.78. The molecule has 3 rings (SSSR count). The van der Waals surface area contributed by atoms with Crippen molar-refractivity contribution in [2.75, 3.05) is 4.90 Å². The van der Waals surface area contributed by atoms with E-state index in [9.17, 15) is 29.4 Å². The minimum Gasteiger partial charge on any atom is -0.481 e. The Morgan fingerprint density at radius 3 is 2.00 bits per heavy atom. The Morgan fingerprint density at radius 2 is 1.55 bits per heavy atom. The van der Waals surface area contributed by atoms with E-state index >= 15 is 0 Å². The van der Waals surface area contributed by atoms with E-state index in [0.29, 0.717) is 39.7 Å². The third-order valence-electron chi connectivity index (χ3n) is 8.08. The fourth-order valence-corrected chi connectivity index (χ4v) is 5.60. The third kappa shape index (κ3) is 6.96. The summed E-state index contributed by atoms with van der Waals surface area (Å²) < 4.78 is 0. The summed E-state index contributed by atoms with van der Waals surface area (Å²) in [5, 5.41) is 23.0. The van der Waals surface area contributed by atoms with Gasteiger partial charge in [-0.25, -0.2) is 4.79 Å². The Balaban J connectivity index is 0.00000274. The molecule has 40 heavy (non-hydrogen) atoms. The summed E-state index contributed by atoms with van der Waals surface area (Å²) in [6.07, 6.45) is 0.707. The van der Waals surface area contributed by atoms with Crippen molar-refractivity contribution in [1.29, 1.82) is 0 Å². The first kappa shape index (κ1) is 33.1. The van der Waals surface area contributed by atoms with Crippen LogP contribution < -0.4 is 10.2 Å². The predicted molar refractivity (Wildman–Crippen MR) is 157 cm³/mol. The van der Waals surface area contributed by atoms with Gasteiger partial charge in [0, 0.05) is 40.6 Å². The number of amides is 2. The van der Waals surface area contributed by atoms with Gasteiger partial charge < -0.3 is 20.4 Å². The molecule has 3 atom stereocenters. The Hall–Kier alpha value is -3.10. The van der Waals surface area contributed by atoms with Gasteiger partial charge in [-0.2, -0.15) is 0 Å². The van der Waals surface area contributed by atoms with E-state index < -0.39 is 40.6 Å². The molecule has 0 aromatic heterocycles. The van der Waals surface area contributed by atoms with Crippen molar-refractivity contribution in [3.05, 3.63) is 63.6 Å². The zero-order valence-corrected chi connectivity index (χ0v) is 25.3. The normalized spacial score (nSPS) is 20.1. The molecule has 0 saturated heterocycles. The highest BCUT2D eigenvalue weighted by atomic mass is 35.5. The number of rotatable bonds is 9. The van der Waals surface area contributed by atoms with Gasteiger partial charge in [0.25, 0.3) is 0 Å². The van der Waals surface area contributed by atoms with Crippen molar-refractivity contribution in [3.8, 4) is 0 Å². The van der Waals surface area contributed by atoms with Crippen molar-refractivity contribution in [2.45, 2.75) is 73.4 Å². The quantitative estimate of drug-likeness (QED) is 0.318. The van der Waals surface area contributed by atoms with Crippen molar-refractivity contribution in [2.24, 2.45) is 16.7 Å². The fourth-order valence-electron chi connectivity index (χ4n) is 5.09. The van der Waals surface area contributed by atoms with E-state index in [1.807, 2.05) is 13.8 Å². The first-order valence-electron chi connectivity index (χ1n) is 13.3. The number of aliphatic carboxylic acids is 2. The number of carbonyl (C=O) groups is 4. The molecular formula is C30H38Cl2N2O6. The molecule has 10 heteroatoms. The number of hydrogen-bond donors (Lipinski definition) is 3. The topological polar surface area (TPSA) is 124 Å². The molecule has 2 aromatic carbocycles. The fraction of sp³-hybridized carbons (Fsp3) is 0.467. The van der Waals surface area contributed by atoms with E-state index in [2.05, 4.69) is 5.32 Å². The standard InChI is InChI=1S/C28H32Cl2N2O6.C2H6/c1-16(33)32(15-19-21(29)6-5-7-22(19)30)18-10-8-17(9-11-18)14-23(25(35)36)31-24(34)20-12-13-28(4,26(37)38)27(20,2)3;1-2/h5-11,20,23H,12-15H2,1-4H3,(H,31,34)(H,35,36)(H,37,38);1-2H3/t20-,23+,28+;/m1./s1. The van der Waals surface area contributed by atoms with E-state index in [-0.39, 0.29) is 18.9 Å². The summed E-state index contributed by atoms with van der Waals surface area (Å²) in [6.45, 7) is 10.7. The molecule has 3 N–H and O–H groups in total. The number of carboxylic acid groups (broad SMARTS) is 2. The molecule has 0 unspecified atom stereocenters. The van der Waals surface area contributed by atoms with Crippen molar-refractivity contribution in [3.63, 3.8) is 0 Å². The van der Waals surface area contributed by atoms with Gasteiger partial charge >= 0.3 is 11.9 Å². The van der Waals surface area contributed by atoms with Crippen LogP contribution in [0.5, 0.6) is 0 Å². The second kappa shape index (κ2) is 13.5. The molecule has 2 amide bonds. The Bertz CT molecular complexity index is 1230. The molecule has 218 valence electrons. The van der Waals surface area contributed by atoms with Gasteiger partial charge in [0.05, 0.1) is 12.0 Å². The van der Waals surface area contributed by atoms with Crippen LogP contribution in [0.3, 0.4) is 0 Å². The molecule has 0 spiro atoms. The number of carbonyl (C=O) groups excluding carboxylic acids is 2. The molecule has 0 bridgehead atoms. The average molecular weight is 594 g/mol. The number of hydrogen-bond acceptors (Lipinski definition) is 4. The van der Waals surface area contributed by atoms with Gasteiger partial charge in [-0.3, -0.25) is 14.4 Å². The highest BCUT2D eigenvalue weighted by Crippen LogP contribution is 2.56. The van der Waals surface area contributed by atoms with Crippen molar-refractivity contribution in [1.82, 2.24) is 5.32 Å². The molecule has 8 nitrogen and oxygen atoms in total. The maximum Gasteiger partial charge on any atom is 0.326 e. The van der Waals surface area contributed by atoms with Gasteiger partial charge in [0.2, 0.25) is 11.8 Å². The van der Waals surface area contributed by atoms with E-state index in [0.717, 1.165) is 0 Å². The van der Waals surface area contributed by atoms with Crippen LogP contribution in [0, 0.1) is 16.7 Å². The lowest BCUT2D eigenvalue weighted by Crippen LogP contribution is -2.49. The maximum absolute atomic E-state index is 13.1. The summed E-state index contributed by atoms with van der Waals surface area (Å²) in [6, 6.07) is 10.7. The van der Waals surface area contributed by atoms with Crippen LogP contribution in [0.25, 0.3) is 0 Å². The first-order chi connectivity index (χ1) is 18.7. The highest BCUT2D eigenvalue weighted by molar-refractivity contribution is 6.36. The molecule has 1 aliphatic rings. The summed E-state index contributed by atoms with van der Waals surface area (Å²) in [7, 11) is 0. The minimum atomic E-state index is -1.20. The highest BCUT2D eigenvalue weighted by Gasteiger charge is 2.58. The molecule has 0 aliphatic heterocycles. The molecule has 1 saturated carbocycles. The van der Waals surface area contributed by atoms with Crippen LogP contribution in [-0.2, 0) is 32.1 Å². The zero-order chi connectivity index (χ0) is 30.4. The van der Waals surface area contributed by atoms with E-state index in [1.165, 1.54) is 11.8 Å². The Morgan fingerprint density at radius 1 is 1.00 bits per heavy atom. The first-order valence-corrected chi connectivity index (χ1v) is 14.0. The second-order valence-corrected chi connectivity index (χ2v) is 11.3. The summed E-state index contributed by atoms with van der Waals surface area (Å²) >= 11 is 12.5. The SMILES string of the molecule is CC.CC(=O)N(Cc1c(Cl)cccc1Cl)c1ccc(C[C@H](NC(=O)[C@H]2CC[C@@](C)(C(=O)O)C2(C)C)C(=O)O)cc1. The van der Waals surface area contributed by atoms with Gasteiger partial charge in [-0.15, -0.1) is 0 Å². The minimum absolute atomic E-state index is 0.0150. The lowest BCUT2D eigenvalue weighted by atomic mass is 9.65. The van der Waals surface area contributed by atoms with Crippen LogP contribution in [0.2, 0.25) is 10.0 Å². The number of carboxylic acids is 2. The van der Waals surface area contributed by atoms with Crippen molar-refractivity contribution >= 4 is 52.6 Å². The predicted octanol–water partition coefficient (Wildman–Crippen LogP) is 6.21.